The second-order valence-corrected chi connectivity index (χ2v) is 31.6. The highest BCUT2D eigenvalue weighted by atomic mass is 15.2. The molecule has 19 aliphatic rings. The van der Waals surface area contributed by atoms with E-state index in [1.807, 2.05) is 0 Å². The van der Waals surface area contributed by atoms with Gasteiger partial charge in [0, 0.05) is 102 Å². The predicted octanol–water partition coefficient (Wildman–Crippen LogP) is 32.7. The van der Waals surface area contributed by atoms with Crippen molar-refractivity contribution in [1.29, 1.82) is 0 Å². The molecule has 0 amide bonds. The summed E-state index contributed by atoms with van der Waals surface area (Å²) in [6, 6.07) is 161. The Morgan fingerprint density at radius 1 is 0.0833 bits per heavy atom. The zero-order chi connectivity index (χ0) is 81.2. The molecule has 0 unspecified atom stereocenters. The van der Waals surface area contributed by atoms with Crippen molar-refractivity contribution in [1.82, 2.24) is 0 Å². The number of hydrogen-bond donors (Lipinski definition) is 0. The van der Waals surface area contributed by atoms with Gasteiger partial charge in [-0.05, 0) is 327 Å². The fraction of sp³-hybridized carbons (Fsp3) is 0.0526. The van der Waals surface area contributed by atoms with Crippen LogP contribution in [0.3, 0.4) is 0 Å². The summed E-state index contributed by atoms with van der Waals surface area (Å²) < 4.78 is 0. The van der Waals surface area contributed by atoms with E-state index in [9.17, 15) is 0 Å². The summed E-state index contributed by atoms with van der Waals surface area (Å²) in [4.78, 5) is 14.1. The van der Waals surface area contributed by atoms with Gasteiger partial charge in [0.05, 0.1) is 0 Å². The van der Waals surface area contributed by atoms with Crippen LogP contribution in [0.5, 0.6) is 0 Å². The van der Waals surface area contributed by atoms with Crippen molar-refractivity contribution < 1.29 is 0 Å². The molecule has 0 aromatic heterocycles. The molecule has 0 saturated heterocycles. The SMILES string of the molecule is Cc1ccc(N2c3ccc(cc3)-c3ccc(cc3)N(c3ccc(C)cc3)c3ccc(cc3)-c3ccc(cc3)N(c3ccc(C)cc3)c3ccc(cc3)-c3ccc(cc3)N(c3ccc(C)cc3)c3ccc(cc3)-c3ccc(cc3)N(c3ccc(C)cc3)c3ccc(cc3)-c3ccc(cc3)N(c3ccc(C)cc3)c3ccc(cc3)-c3ccc2cc3)cc1. The molecule has 18 aromatic carbocycles. The highest BCUT2D eigenvalue weighted by molar-refractivity contribution is 5.89. The van der Waals surface area contributed by atoms with E-state index in [4.69, 9.17) is 0 Å². The maximum Gasteiger partial charge on any atom is 0.0462 e. The van der Waals surface area contributed by atoms with Crippen LogP contribution in [0, 0.1) is 41.5 Å². The lowest BCUT2D eigenvalue weighted by atomic mass is 10.0. The van der Waals surface area contributed by atoms with Crippen molar-refractivity contribution in [2.75, 3.05) is 29.4 Å². The van der Waals surface area contributed by atoms with E-state index >= 15 is 0 Å². The number of benzene rings is 18. The van der Waals surface area contributed by atoms with Crippen molar-refractivity contribution in [3.05, 3.63) is 470 Å². The predicted molar refractivity (Wildman–Crippen MR) is 509 cm³/mol. The van der Waals surface area contributed by atoms with Crippen LogP contribution in [0.15, 0.2) is 437 Å². The van der Waals surface area contributed by atoms with Gasteiger partial charge < -0.3 is 29.4 Å². The normalized spacial score (nSPS) is 12.2. The summed E-state index contributed by atoms with van der Waals surface area (Å²) in [6.07, 6.45) is 0. The minimum absolute atomic E-state index is 1.07. The first kappa shape index (κ1) is 74.8. The quantitative estimate of drug-likeness (QED) is 0.164. The molecule has 0 aliphatic carbocycles. The lowest BCUT2D eigenvalue weighted by molar-refractivity contribution is 1.27. The molecule has 18 aromatic rings. The van der Waals surface area contributed by atoms with Gasteiger partial charge in [0.2, 0.25) is 0 Å². The lowest BCUT2D eigenvalue weighted by Crippen LogP contribution is -2.10. The minimum Gasteiger partial charge on any atom is -0.311 e. The Morgan fingerprint density at radius 3 is 0.208 bits per heavy atom. The van der Waals surface area contributed by atoms with Gasteiger partial charge in [-0.25, -0.2) is 0 Å². The topological polar surface area (TPSA) is 19.4 Å². The summed E-state index contributed by atoms with van der Waals surface area (Å²) in [7, 11) is 0. The molecular formula is C114H90N6. The van der Waals surface area contributed by atoms with E-state index in [-0.39, 0.29) is 0 Å². The fourth-order valence-corrected chi connectivity index (χ4v) is 16.5. The molecule has 576 valence electrons. The van der Waals surface area contributed by atoms with Crippen LogP contribution in [0.25, 0.3) is 66.8 Å². The van der Waals surface area contributed by atoms with Gasteiger partial charge in [0.25, 0.3) is 0 Å². The Bertz CT molecular complexity index is 5210. The molecule has 0 atom stereocenters. The average Bonchev–Trinajstić information content (AvgIpc) is 0.796. The smallest absolute Gasteiger partial charge is 0.0462 e. The van der Waals surface area contributed by atoms with Crippen LogP contribution in [-0.2, 0) is 0 Å². The Balaban J connectivity index is 0.669. The zero-order valence-corrected chi connectivity index (χ0v) is 68.3. The second kappa shape index (κ2) is 32.8. The van der Waals surface area contributed by atoms with Crippen molar-refractivity contribution in [3.8, 4) is 66.8 Å². The molecule has 19 aliphatic heterocycles. The van der Waals surface area contributed by atoms with Gasteiger partial charge in [-0.3, -0.25) is 0 Å². The third-order valence-electron chi connectivity index (χ3n) is 23.3. The van der Waals surface area contributed by atoms with Crippen molar-refractivity contribution in [2.24, 2.45) is 0 Å². The van der Waals surface area contributed by atoms with E-state index in [0.717, 1.165) is 169 Å². The zero-order valence-electron chi connectivity index (χ0n) is 68.3. The Morgan fingerprint density at radius 2 is 0.142 bits per heavy atom. The molecule has 0 saturated carbocycles. The molecule has 0 radical (unpaired) electrons. The van der Waals surface area contributed by atoms with E-state index in [1.165, 1.54) is 33.4 Å². The van der Waals surface area contributed by atoms with Crippen LogP contribution in [-0.4, -0.2) is 0 Å². The number of aryl methyl sites for hydroxylation is 6. The summed E-state index contributed by atoms with van der Waals surface area (Å²) in [5.74, 6) is 0. The molecule has 6 heteroatoms. The summed E-state index contributed by atoms with van der Waals surface area (Å²) >= 11 is 0. The molecule has 0 fully saturated rings. The van der Waals surface area contributed by atoms with Crippen LogP contribution in [0.2, 0.25) is 0 Å². The average molecular weight is 1540 g/mol. The first-order valence-electron chi connectivity index (χ1n) is 41.3. The maximum atomic E-state index is 2.35. The summed E-state index contributed by atoms with van der Waals surface area (Å²) in [6.45, 7) is 12.9. The van der Waals surface area contributed by atoms with Gasteiger partial charge in [0.1, 0.15) is 0 Å². The van der Waals surface area contributed by atoms with E-state index in [1.54, 1.807) is 0 Å². The molecule has 19 heterocycles. The molecule has 24 bridgehead atoms. The lowest BCUT2D eigenvalue weighted by Gasteiger charge is -2.27. The summed E-state index contributed by atoms with van der Waals surface area (Å²) in [5, 5.41) is 0. The first-order valence-corrected chi connectivity index (χ1v) is 41.3. The Kier molecular flexibility index (Phi) is 20.5. The van der Waals surface area contributed by atoms with Gasteiger partial charge in [-0.1, -0.05) is 252 Å². The molecule has 37 rings (SSSR count). The van der Waals surface area contributed by atoms with E-state index < -0.39 is 0 Å². The number of hydrogen-bond acceptors (Lipinski definition) is 6. The molecular weight excluding hydrogens is 1450 g/mol. The van der Waals surface area contributed by atoms with Gasteiger partial charge in [-0.15, -0.1) is 0 Å². The summed E-state index contributed by atoms with van der Waals surface area (Å²) in [5.41, 5.74) is 40.4. The second-order valence-electron chi connectivity index (χ2n) is 31.6. The highest BCUT2D eigenvalue weighted by Crippen LogP contribution is 2.46. The third-order valence-corrected chi connectivity index (χ3v) is 23.3. The van der Waals surface area contributed by atoms with Crippen molar-refractivity contribution >= 4 is 102 Å². The van der Waals surface area contributed by atoms with Gasteiger partial charge in [-0.2, -0.15) is 0 Å². The Labute approximate surface area is 705 Å². The Hall–Kier alpha value is -15.2. The van der Waals surface area contributed by atoms with Crippen LogP contribution in [0.1, 0.15) is 33.4 Å². The number of rotatable bonds is 6. The standard InChI is InChI=1S/C114H90N6/c1-79-7-43-97(44-8-79)115-103-55-19-85(20-56-103)87-23-59-105(60-24-87)116(98-45-9-80(2)10-46-98)107-63-27-89(28-64-107)91-31-67-109(68-32-91)118(100-49-13-82(4)14-50-100)111-71-35-93(36-72-111)95-39-75-113(76-40-95)120(102-53-17-84(6)18-54-102)114-77-41-96(42-78-114)94-37-73-112(74-38-94)119(101-51-15-83(5)16-52-101)110-69-33-92(34-70-110)90-29-65-108(66-30-90)117(99-47-11-81(3)12-48-99)106-61-25-88(26-62-106)86-21-57-104(115)58-22-86/h7-78H,1-6H3. The highest BCUT2D eigenvalue weighted by Gasteiger charge is 2.22. The van der Waals surface area contributed by atoms with E-state index in [2.05, 4.69) is 508 Å². The fourth-order valence-electron chi connectivity index (χ4n) is 16.5. The third kappa shape index (κ3) is 15.6. The monoisotopic (exact) mass is 1540 g/mol. The van der Waals surface area contributed by atoms with Crippen molar-refractivity contribution in [2.45, 2.75) is 41.5 Å². The van der Waals surface area contributed by atoms with Gasteiger partial charge >= 0.3 is 0 Å². The first-order chi connectivity index (χ1) is 58.9. The van der Waals surface area contributed by atoms with Crippen LogP contribution in [0.4, 0.5) is 102 Å². The van der Waals surface area contributed by atoms with Crippen LogP contribution >= 0.6 is 0 Å². The number of nitrogens with zero attached hydrogens (tertiary/aromatic N) is 6. The molecule has 120 heavy (non-hydrogen) atoms. The maximum absolute atomic E-state index is 2.35. The molecule has 0 N–H and O–H groups in total. The minimum atomic E-state index is 1.07. The van der Waals surface area contributed by atoms with E-state index in [0.29, 0.717) is 0 Å². The van der Waals surface area contributed by atoms with Crippen molar-refractivity contribution in [3.63, 3.8) is 0 Å². The molecule has 6 nitrogen and oxygen atoms in total. The van der Waals surface area contributed by atoms with Crippen LogP contribution < -0.4 is 29.4 Å². The van der Waals surface area contributed by atoms with Gasteiger partial charge in [0.15, 0.2) is 0 Å². The number of anilines is 18. The largest absolute Gasteiger partial charge is 0.311 e. The molecule has 0 spiro atoms.